The molecule has 1 saturated heterocycles. The number of piperidine rings is 1. The van der Waals surface area contributed by atoms with Crippen LogP contribution in [0, 0.1) is 5.92 Å². The molecule has 3 nitrogen and oxygen atoms in total. The van der Waals surface area contributed by atoms with Crippen molar-refractivity contribution in [1.82, 2.24) is 4.90 Å². The quantitative estimate of drug-likeness (QED) is 0.772. The first-order valence-corrected chi connectivity index (χ1v) is 6.51. The molecule has 0 radical (unpaired) electrons. The molecule has 0 amide bonds. The monoisotopic (exact) mass is 267 g/mol. The van der Waals surface area contributed by atoms with E-state index in [9.17, 15) is 4.79 Å². The van der Waals surface area contributed by atoms with E-state index in [4.69, 9.17) is 16.3 Å². The average molecular weight is 268 g/mol. The Kier molecular flexibility index (Phi) is 4.25. The van der Waals surface area contributed by atoms with E-state index in [0.717, 1.165) is 30.1 Å². The van der Waals surface area contributed by atoms with Crippen LogP contribution in [0.15, 0.2) is 24.3 Å². The Balaban J connectivity index is 2.26. The van der Waals surface area contributed by atoms with Crippen LogP contribution in [0.25, 0.3) is 0 Å². The van der Waals surface area contributed by atoms with Crippen LogP contribution in [-0.2, 0) is 9.53 Å². The Morgan fingerprint density at radius 2 is 2.28 bits per heavy atom. The van der Waals surface area contributed by atoms with E-state index in [-0.39, 0.29) is 17.8 Å². The van der Waals surface area contributed by atoms with Gasteiger partial charge in [0.2, 0.25) is 0 Å². The van der Waals surface area contributed by atoms with E-state index in [1.807, 2.05) is 31.3 Å². The molecule has 2 atom stereocenters. The molecule has 0 aromatic heterocycles. The van der Waals surface area contributed by atoms with Crippen molar-refractivity contribution in [3.05, 3.63) is 34.9 Å². The molecule has 0 bridgehead atoms. The van der Waals surface area contributed by atoms with Crippen molar-refractivity contribution in [2.45, 2.75) is 12.3 Å². The standard InChI is InChI=1S/C14H18ClNO2/c1-16-7-6-12(13(9-16)14(17)18-2)10-4-3-5-11(15)8-10/h3-5,8,12-13H,6-7,9H2,1-2H3. The summed E-state index contributed by atoms with van der Waals surface area (Å²) in [6.45, 7) is 1.73. The molecule has 1 aliphatic rings. The number of carbonyl (C=O) groups excluding carboxylic acids is 1. The smallest absolute Gasteiger partial charge is 0.310 e. The molecule has 1 aromatic carbocycles. The van der Waals surface area contributed by atoms with Crippen molar-refractivity contribution in [2.75, 3.05) is 27.2 Å². The Labute approximate surface area is 113 Å². The summed E-state index contributed by atoms with van der Waals surface area (Å²) in [6.07, 6.45) is 0.955. The van der Waals surface area contributed by atoms with Gasteiger partial charge in [0.25, 0.3) is 0 Å². The number of hydrogen-bond donors (Lipinski definition) is 0. The number of hydrogen-bond acceptors (Lipinski definition) is 3. The van der Waals surface area contributed by atoms with Gasteiger partial charge in [-0.25, -0.2) is 0 Å². The number of ether oxygens (including phenoxy) is 1. The molecular weight excluding hydrogens is 250 g/mol. The van der Waals surface area contributed by atoms with Crippen LogP contribution in [0.1, 0.15) is 17.9 Å². The minimum atomic E-state index is -0.133. The van der Waals surface area contributed by atoms with Crippen molar-refractivity contribution in [3.63, 3.8) is 0 Å². The van der Waals surface area contributed by atoms with Crippen molar-refractivity contribution >= 4 is 17.6 Å². The Bertz CT molecular complexity index is 436. The molecule has 1 heterocycles. The second-order valence-electron chi connectivity index (χ2n) is 4.84. The Morgan fingerprint density at radius 3 is 2.94 bits per heavy atom. The molecule has 0 spiro atoms. The first-order chi connectivity index (χ1) is 8.61. The van der Waals surface area contributed by atoms with Crippen LogP contribution in [-0.4, -0.2) is 38.1 Å². The summed E-state index contributed by atoms with van der Waals surface area (Å²) in [4.78, 5) is 14.1. The molecule has 4 heteroatoms. The molecule has 0 N–H and O–H groups in total. The van der Waals surface area contributed by atoms with Gasteiger partial charge >= 0.3 is 5.97 Å². The normalized spacial score (nSPS) is 24.8. The van der Waals surface area contributed by atoms with E-state index < -0.39 is 0 Å². The number of methoxy groups -OCH3 is 1. The highest BCUT2D eigenvalue weighted by atomic mass is 35.5. The van der Waals surface area contributed by atoms with Gasteiger partial charge in [-0.15, -0.1) is 0 Å². The highest BCUT2D eigenvalue weighted by Crippen LogP contribution is 2.34. The van der Waals surface area contributed by atoms with Crippen molar-refractivity contribution in [1.29, 1.82) is 0 Å². The fourth-order valence-corrected chi connectivity index (χ4v) is 2.84. The van der Waals surface area contributed by atoms with Gasteiger partial charge in [0.15, 0.2) is 0 Å². The highest BCUT2D eigenvalue weighted by Gasteiger charge is 2.34. The van der Waals surface area contributed by atoms with Gasteiger partial charge in [-0.05, 0) is 43.6 Å². The summed E-state index contributed by atoms with van der Waals surface area (Å²) >= 11 is 6.03. The van der Waals surface area contributed by atoms with Gasteiger partial charge in [-0.3, -0.25) is 4.79 Å². The van der Waals surface area contributed by atoms with Crippen LogP contribution in [0.2, 0.25) is 5.02 Å². The van der Waals surface area contributed by atoms with Crippen LogP contribution in [0.3, 0.4) is 0 Å². The summed E-state index contributed by atoms with van der Waals surface area (Å²) in [6, 6.07) is 7.78. The fourth-order valence-electron chi connectivity index (χ4n) is 2.64. The molecule has 1 fully saturated rings. The van der Waals surface area contributed by atoms with E-state index in [0.29, 0.717) is 0 Å². The lowest BCUT2D eigenvalue weighted by Gasteiger charge is -2.35. The van der Waals surface area contributed by atoms with Crippen LogP contribution < -0.4 is 0 Å². The topological polar surface area (TPSA) is 29.5 Å². The summed E-state index contributed by atoms with van der Waals surface area (Å²) in [7, 11) is 3.48. The minimum absolute atomic E-state index is 0.104. The van der Waals surface area contributed by atoms with Crippen molar-refractivity contribution in [2.24, 2.45) is 5.92 Å². The number of benzene rings is 1. The van der Waals surface area contributed by atoms with Gasteiger partial charge in [0, 0.05) is 11.6 Å². The largest absolute Gasteiger partial charge is 0.469 e. The number of halogens is 1. The lowest BCUT2D eigenvalue weighted by molar-refractivity contribution is -0.148. The van der Waals surface area contributed by atoms with Gasteiger partial charge in [-0.2, -0.15) is 0 Å². The first kappa shape index (κ1) is 13.4. The van der Waals surface area contributed by atoms with Gasteiger partial charge < -0.3 is 9.64 Å². The van der Waals surface area contributed by atoms with E-state index in [1.165, 1.54) is 7.11 Å². The third-order valence-electron chi connectivity index (χ3n) is 3.60. The number of nitrogens with zero attached hydrogens (tertiary/aromatic N) is 1. The van der Waals surface area contributed by atoms with Gasteiger partial charge in [0.1, 0.15) is 0 Å². The first-order valence-electron chi connectivity index (χ1n) is 6.13. The van der Waals surface area contributed by atoms with Crippen molar-refractivity contribution in [3.8, 4) is 0 Å². The predicted molar refractivity (Wildman–Crippen MR) is 71.8 cm³/mol. The molecule has 2 rings (SSSR count). The maximum Gasteiger partial charge on any atom is 0.310 e. The van der Waals surface area contributed by atoms with Crippen LogP contribution in [0.4, 0.5) is 0 Å². The van der Waals surface area contributed by atoms with Crippen molar-refractivity contribution < 1.29 is 9.53 Å². The van der Waals surface area contributed by atoms with Gasteiger partial charge in [0.05, 0.1) is 13.0 Å². The lowest BCUT2D eigenvalue weighted by Crippen LogP contribution is -2.41. The zero-order valence-electron chi connectivity index (χ0n) is 10.7. The van der Waals surface area contributed by atoms with Gasteiger partial charge in [-0.1, -0.05) is 23.7 Å². The molecule has 1 aromatic rings. The number of rotatable bonds is 2. The number of carbonyl (C=O) groups is 1. The Hall–Kier alpha value is -1.06. The average Bonchev–Trinajstić information content (AvgIpc) is 2.37. The molecule has 1 aliphatic heterocycles. The number of likely N-dealkylation sites (tertiary alicyclic amines) is 1. The van der Waals surface area contributed by atoms with E-state index >= 15 is 0 Å². The molecule has 98 valence electrons. The fraction of sp³-hybridized carbons (Fsp3) is 0.500. The molecule has 18 heavy (non-hydrogen) atoms. The molecule has 0 saturated carbocycles. The summed E-state index contributed by atoms with van der Waals surface area (Å²) in [5, 5.41) is 0.718. The Morgan fingerprint density at radius 1 is 1.50 bits per heavy atom. The summed E-state index contributed by atoms with van der Waals surface area (Å²) < 4.78 is 4.92. The molecule has 0 aliphatic carbocycles. The minimum Gasteiger partial charge on any atom is -0.469 e. The second-order valence-corrected chi connectivity index (χ2v) is 5.28. The number of esters is 1. The summed E-state index contributed by atoms with van der Waals surface area (Å²) in [5.41, 5.74) is 1.13. The van der Waals surface area contributed by atoms with Crippen LogP contribution >= 0.6 is 11.6 Å². The van der Waals surface area contributed by atoms with Crippen LogP contribution in [0.5, 0.6) is 0 Å². The highest BCUT2D eigenvalue weighted by molar-refractivity contribution is 6.30. The third-order valence-corrected chi connectivity index (χ3v) is 3.83. The van der Waals surface area contributed by atoms with E-state index in [2.05, 4.69) is 4.90 Å². The second kappa shape index (κ2) is 5.72. The summed E-state index contributed by atoms with van der Waals surface area (Å²) in [5.74, 6) is -0.0360. The molecule has 2 unspecified atom stereocenters. The maximum absolute atomic E-state index is 11.9. The molecular formula is C14H18ClNO2. The SMILES string of the molecule is COC(=O)C1CN(C)CCC1c1cccc(Cl)c1. The third kappa shape index (κ3) is 2.85. The predicted octanol–water partition coefficient (Wildman–Crippen LogP) is 2.55. The zero-order valence-corrected chi connectivity index (χ0v) is 11.5. The van der Waals surface area contributed by atoms with E-state index in [1.54, 1.807) is 0 Å². The maximum atomic E-state index is 11.9. The zero-order chi connectivity index (χ0) is 13.1. The lowest BCUT2D eigenvalue weighted by atomic mass is 9.80.